The smallest absolute Gasteiger partial charge is 0.341 e. The van der Waals surface area contributed by atoms with E-state index in [2.05, 4.69) is 4.74 Å². The number of hydrogen-bond acceptors (Lipinski definition) is 4. The minimum Gasteiger partial charge on any atom is -0.465 e. The number of esters is 1. The number of benzene rings is 1. The minimum atomic E-state index is -0.636. The maximum absolute atomic E-state index is 11.5. The quantitative estimate of drug-likeness (QED) is 0.360. The number of rotatable bonds is 3. The van der Waals surface area contributed by atoms with Gasteiger partial charge in [-0.1, -0.05) is 12.1 Å². The Morgan fingerprint density at radius 2 is 2.06 bits per heavy atom. The molecule has 4 heteroatoms. The second-order valence-electron chi connectivity index (χ2n) is 3.79. The topological polar surface area (TPSA) is 56.5 Å². The van der Waals surface area contributed by atoms with Crippen molar-refractivity contribution in [2.75, 3.05) is 7.11 Å². The second kappa shape index (κ2) is 4.87. The summed E-state index contributed by atoms with van der Waals surface area (Å²) in [7, 11) is 1.25. The summed E-state index contributed by atoms with van der Waals surface area (Å²) < 4.78 is 9.84. The van der Waals surface area contributed by atoms with Gasteiger partial charge in [-0.3, -0.25) is 4.79 Å². The maximum Gasteiger partial charge on any atom is 0.341 e. The molecule has 92 valence electrons. The molecule has 1 aromatic heterocycles. The van der Waals surface area contributed by atoms with Crippen molar-refractivity contribution in [3.8, 4) is 0 Å². The average molecular weight is 244 g/mol. The molecule has 0 fully saturated rings. The van der Waals surface area contributed by atoms with Gasteiger partial charge in [0.15, 0.2) is 5.78 Å². The second-order valence-corrected chi connectivity index (χ2v) is 3.79. The summed E-state index contributed by atoms with van der Waals surface area (Å²) in [6.07, 6.45) is 3.08. The van der Waals surface area contributed by atoms with Crippen LogP contribution in [0.2, 0.25) is 0 Å². The standard InChI is InChI=1S/C14H12O4/c1-9(15)12(14(16)17-2)8-10-4-3-5-13-11(10)6-7-18-13/h3-8H,1-2H3/b12-8-. The van der Waals surface area contributed by atoms with E-state index in [9.17, 15) is 9.59 Å². The molecule has 0 aliphatic heterocycles. The lowest BCUT2D eigenvalue weighted by molar-refractivity contribution is -0.137. The predicted octanol–water partition coefficient (Wildman–Crippen LogP) is 2.58. The minimum absolute atomic E-state index is 0.0196. The molecule has 1 aromatic carbocycles. The van der Waals surface area contributed by atoms with Crippen LogP contribution in [0.1, 0.15) is 12.5 Å². The molecule has 0 aliphatic rings. The summed E-state index contributed by atoms with van der Waals surface area (Å²) in [6, 6.07) is 7.21. The van der Waals surface area contributed by atoms with E-state index in [1.54, 1.807) is 18.4 Å². The highest BCUT2D eigenvalue weighted by Crippen LogP contribution is 2.22. The van der Waals surface area contributed by atoms with Crippen LogP contribution in [0.4, 0.5) is 0 Å². The Labute approximate surface area is 104 Å². The van der Waals surface area contributed by atoms with Crippen LogP contribution in [0.3, 0.4) is 0 Å². The fraction of sp³-hybridized carbons (Fsp3) is 0.143. The molecule has 18 heavy (non-hydrogen) atoms. The highest BCUT2D eigenvalue weighted by molar-refractivity contribution is 6.20. The van der Waals surface area contributed by atoms with Gasteiger partial charge in [-0.15, -0.1) is 0 Å². The maximum atomic E-state index is 11.5. The first kappa shape index (κ1) is 12.1. The Morgan fingerprint density at radius 3 is 2.72 bits per heavy atom. The van der Waals surface area contributed by atoms with Gasteiger partial charge in [-0.25, -0.2) is 4.79 Å². The van der Waals surface area contributed by atoms with Crippen LogP contribution in [0, 0.1) is 0 Å². The van der Waals surface area contributed by atoms with Crippen LogP contribution in [0.15, 0.2) is 40.5 Å². The Morgan fingerprint density at radius 1 is 1.28 bits per heavy atom. The lowest BCUT2D eigenvalue weighted by Gasteiger charge is -2.02. The van der Waals surface area contributed by atoms with Crippen molar-refractivity contribution in [3.05, 3.63) is 41.7 Å². The van der Waals surface area contributed by atoms with Gasteiger partial charge in [0.25, 0.3) is 0 Å². The summed E-state index contributed by atoms with van der Waals surface area (Å²) in [5, 5.41) is 0.847. The van der Waals surface area contributed by atoms with Gasteiger partial charge in [0.05, 0.1) is 13.4 Å². The van der Waals surface area contributed by atoms with E-state index in [1.807, 2.05) is 12.1 Å². The van der Waals surface area contributed by atoms with Gasteiger partial charge in [0, 0.05) is 5.39 Å². The molecule has 0 radical (unpaired) electrons. The van der Waals surface area contributed by atoms with Crippen LogP contribution in [0.25, 0.3) is 17.0 Å². The third-order valence-electron chi connectivity index (χ3n) is 2.61. The molecule has 1 heterocycles. The molecule has 0 atom stereocenters. The van der Waals surface area contributed by atoms with E-state index in [0.29, 0.717) is 5.58 Å². The molecule has 0 saturated carbocycles. The molecule has 0 aliphatic carbocycles. The molecule has 0 spiro atoms. The van der Waals surface area contributed by atoms with E-state index in [4.69, 9.17) is 4.42 Å². The summed E-state index contributed by atoms with van der Waals surface area (Å²) in [4.78, 5) is 22.9. The number of ether oxygens (including phenoxy) is 1. The zero-order valence-electron chi connectivity index (χ0n) is 10.1. The number of furan rings is 1. The monoisotopic (exact) mass is 244 g/mol. The number of carbonyl (C=O) groups excluding carboxylic acids is 2. The summed E-state index contributed by atoms with van der Waals surface area (Å²) in [5.41, 5.74) is 1.47. The molecule has 0 saturated heterocycles. The van der Waals surface area contributed by atoms with Crippen LogP contribution in [-0.4, -0.2) is 18.9 Å². The Bertz CT molecular complexity index is 634. The summed E-state index contributed by atoms with van der Waals surface area (Å²) in [6.45, 7) is 1.33. The third kappa shape index (κ3) is 2.18. The predicted molar refractivity (Wildman–Crippen MR) is 66.9 cm³/mol. The summed E-state index contributed by atoms with van der Waals surface area (Å²) in [5.74, 6) is -0.967. The lowest BCUT2D eigenvalue weighted by atomic mass is 10.0. The van der Waals surface area contributed by atoms with Crippen molar-refractivity contribution in [1.82, 2.24) is 0 Å². The molecule has 2 aromatic rings. The molecule has 0 N–H and O–H groups in total. The normalized spacial score (nSPS) is 11.6. The number of methoxy groups -OCH3 is 1. The molecule has 0 bridgehead atoms. The third-order valence-corrected chi connectivity index (χ3v) is 2.61. The Balaban J connectivity index is 2.56. The van der Waals surface area contributed by atoms with Crippen molar-refractivity contribution in [1.29, 1.82) is 0 Å². The van der Waals surface area contributed by atoms with Crippen molar-refractivity contribution in [2.45, 2.75) is 6.92 Å². The van der Waals surface area contributed by atoms with E-state index >= 15 is 0 Å². The van der Waals surface area contributed by atoms with Crippen molar-refractivity contribution >= 4 is 28.8 Å². The number of ketones is 1. The van der Waals surface area contributed by atoms with Gasteiger partial charge in [0.2, 0.25) is 0 Å². The number of fused-ring (bicyclic) bond motifs is 1. The number of carbonyl (C=O) groups is 2. The lowest BCUT2D eigenvalue weighted by Crippen LogP contribution is -2.11. The van der Waals surface area contributed by atoms with Crippen LogP contribution in [-0.2, 0) is 14.3 Å². The zero-order valence-corrected chi connectivity index (χ0v) is 10.1. The van der Waals surface area contributed by atoms with E-state index < -0.39 is 5.97 Å². The van der Waals surface area contributed by atoms with E-state index in [1.165, 1.54) is 20.1 Å². The average Bonchev–Trinajstić information content (AvgIpc) is 2.83. The van der Waals surface area contributed by atoms with Gasteiger partial charge in [-0.05, 0) is 30.7 Å². The fourth-order valence-electron chi connectivity index (χ4n) is 1.71. The van der Waals surface area contributed by atoms with E-state index in [-0.39, 0.29) is 11.4 Å². The van der Waals surface area contributed by atoms with Crippen molar-refractivity contribution < 1.29 is 18.7 Å². The van der Waals surface area contributed by atoms with Crippen molar-refractivity contribution in [2.24, 2.45) is 0 Å². The van der Waals surface area contributed by atoms with Gasteiger partial charge >= 0.3 is 5.97 Å². The fourth-order valence-corrected chi connectivity index (χ4v) is 1.71. The zero-order chi connectivity index (χ0) is 13.1. The van der Waals surface area contributed by atoms with Gasteiger partial charge in [-0.2, -0.15) is 0 Å². The van der Waals surface area contributed by atoms with Crippen LogP contribution >= 0.6 is 0 Å². The first-order valence-corrected chi connectivity index (χ1v) is 5.40. The Kier molecular flexibility index (Phi) is 3.28. The van der Waals surface area contributed by atoms with Gasteiger partial charge < -0.3 is 9.15 Å². The van der Waals surface area contributed by atoms with E-state index in [0.717, 1.165) is 10.9 Å². The Hall–Kier alpha value is -2.36. The van der Waals surface area contributed by atoms with Crippen LogP contribution in [0.5, 0.6) is 0 Å². The number of Topliss-reactive ketones (excluding diaryl/α,β-unsaturated/α-hetero) is 1. The van der Waals surface area contributed by atoms with Crippen molar-refractivity contribution in [3.63, 3.8) is 0 Å². The first-order chi connectivity index (χ1) is 8.63. The SMILES string of the molecule is COC(=O)/C(=C\c1cccc2occc12)C(C)=O. The molecule has 0 amide bonds. The largest absolute Gasteiger partial charge is 0.465 e. The number of hydrogen-bond donors (Lipinski definition) is 0. The highest BCUT2D eigenvalue weighted by Gasteiger charge is 2.15. The summed E-state index contributed by atoms with van der Waals surface area (Å²) >= 11 is 0. The molecule has 2 rings (SSSR count). The highest BCUT2D eigenvalue weighted by atomic mass is 16.5. The molecule has 0 unspecified atom stereocenters. The first-order valence-electron chi connectivity index (χ1n) is 5.40. The molecular formula is C14H12O4. The van der Waals surface area contributed by atoms with Crippen LogP contribution < -0.4 is 0 Å². The van der Waals surface area contributed by atoms with Gasteiger partial charge in [0.1, 0.15) is 11.2 Å². The molecule has 4 nitrogen and oxygen atoms in total. The molecular weight excluding hydrogens is 232 g/mol.